The van der Waals surface area contributed by atoms with E-state index in [4.69, 9.17) is 11.6 Å². The number of rotatable bonds is 4. The van der Waals surface area contributed by atoms with E-state index in [0.29, 0.717) is 11.5 Å². The van der Waals surface area contributed by atoms with Crippen LogP contribution in [0.2, 0.25) is 5.02 Å². The number of benzene rings is 1. The van der Waals surface area contributed by atoms with E-state index in [2.05, 4.69) is 32.4 Å². The van der Waals surface area contributed by atoms with Crippen molar-refractivity contribution < 1.29 is 9.18 Å². The van der Waals surface area contributed by atoms with Gasteiger partial charge in [0.2, 0.25) is 5.91 Å². The third kappa shape index (κ3) is 4.82. The van der Waals surface area contributed by atoms with Crippen LogP contribution in [-0.2, 0) is 4.79 Å². The molecule has 27 heavy (non-hydrogen) atoms. The number of carbonyl (C=O) groups is 1. The van der Waals surface area contributed by atoms with Crippen molar-refractivity contribution in [3.63, 3.8) is 0 Å². The van der Waals surface area contributed by atoms with Crippen LogP contribution in [0.15, 0.2) is 42.7 Å². The van der Waals surface area contributed by atoms with Gasteiger partial charge in [0.1, 0.15) is 12.1 Å². The van der Waals surface area contributed by atoms with Crippen LogP contribution in [0.4, 0.5) is 15.9 Å². The molecule has 0 aliphatic heterocycles. The highest BCUT2D eigenvalue weighted by Crippen LogP contribution is 2.31. The van der Waals surface area contributed by atoms with Crippen molar-refractivity contribution in [2.75, 3.05) is 11.9 Å². The van der Waals surface area contributed by atoms with Crippen LogP contribution in [0, 0.1) is 17.7 Å². The maximum absolute atomic E-state index is 13.3. The molecule has 3 aromatic rings. The molecular weight excluding hydrogens is 387 g/mol. The van der Waals surface area contributed by atoms with E-state index < -0.39 is 5.82 Å². The largest absolute Gasteiger partial charge is 0.342 e. The van der Waals surface area contributed by atoms with Crippen molar-refractivity contribution in [1.82, 2.24) is 15.3 Å². The summed E-state index contributed by atoms with van der Waals surface area (Å²) in [6, 6.07) is 6.21. The highest BCUT2D eigenvalue weighted by molar-refractivity contribution is 7.20. The molecule has 5 nitrogen and oxygen atoms in total. The number of aromatic nitrogens is 2. The third-order valence-corrected chi connectivity index (χ3v) is 4.71. The van der Waals surface area contributed by atoms with Gasteiger partial charge in [0.15, 0.2) is 5.82 Å². The number of hydrogen-bond acceptors (Lipinski definition) is 5. The Morgan fingerprint density at radius 1 is 1.37 bits per heavy atom. The molecular formula is C19H14ClFN4OS. The number of nitrogens with one attached hydrogen (secondary N) is 2. The van der Waals surface area contributed by atoms with Gasteiger partial charge >= 0.3 is 0 Å². The van der Waals surface area contributed by atoms with Crippen LogP contribution in [0.1, 0.15) is 11.8 Å². The number of amides is 1. The maximum Gasteiger partial charge on any atom is 0.244 e. The second-order valence-corrected chi connectivity index (χ2v) is 6.78. The van der Waals surface area contributed by atoms with Crippen LogP contribution in [0.5, 0.6) is 0 Å². The number of thiophene rings is 1. The van der Waals surface area contributed by atoms with Crippen molar-refractivity contribution in [3.05, 3.63) is 58.5 Å². The number of fused-ring (bicyclic) bond motifs is 1. The van der Waals surface area contributed by atoms with Gasteiger partial charge in [-0.2, -0.15) is 0 Å². The van der Waals surface area contributed by atoms with Gasteiger partial charge in [0.25, 0.3) is 0 Å². The quantitative estimate of drug-likeness (QED) is 0.507. The van der Waals surface area contributed by atoms with Crippen molar-refractivity contribution >= 4 is 50.6 Å². The van der Waals surface area contributed by atoms with E-state index in [1.165, 1.54) is 35.9 Å². The van der Waals surface area contributed by atoms with Crippen molar-refractivity contribution in [2.45, 2.75) is 6.92 Å². The Morgan fingerprint density at radius 2 is 2.22 bits per heavy atom. The van der Waals surface area contributed by atoms with Crippen LogP contribution in [-0.4, -0.2) is 22.4 Å². The fraction of sp³-hybridized carbons (Fsp3) is 0.105. The topological polar surface area (TPSA) is 66.9 Å². The van der Waals surface area contributed by atoms with E-state index in [1.807, 2.05) is 6.07 Å². The Hall–Kier alpha value is -2.95. The first-order valence-corrected chi connectivity index (χ1v) is 9.12. The van der Waals surface area contributed by atoms with Crippen LogP contribution in [0.3, 0.4) is 0 Å². The van der Waals surface area contributed by atoms with Gasteiger partial charge in [-0.05, 0) is 37.3 Å². The average Bonchev–Trinajstić information content (AvgIpc) is 3.06. The smallest absolute Gasteiger partial charge is 0.244 e. The molecule has 1 amide bonds. The molecule has 2 aromatic heterocycles. The minimum Gasteiger partial charge on any atom is -0.342 e. The van der Waals surface area contributed by atoms with Gasteiger partial charge in [0.05, 0.1) is 26.7 Å². The molecule has 0 saturated heterocycles. The Kier molecular flexibility index (Phi) is 6.01. The Bertz CT molecular complexity index is 1080. The molecule has 0 aliphatic rings. The van der Waals surface area contributed by atoms with Crippen molar-refractivity contribution in [2.24, 2.45) is 0 Å². The molecule has 2 heterocycles. The lowest BCUT2D eigenvalue weighted by atomic mass is 10.3. The zero-order valence-electron chi connectivity index (χ0n) is 14.2. The summed E-state index contributed by atoms with van der Waals surface area (Å²) in [6.07, 6.45) is 4.55. The summed E-state index contributed by atoms with van der Waals surface area (Å²) >= 11 is 7.24. The van der Waals surface area contributed by atoms with Crippen molar-refractivity contribution in [1.29, 1.82) is 0 Å². The Balaban J connectivity index is 1.79. The van der Waals surface area contributed by atoms with E-state index in [9.17, 15) is 9.18 Å². The van der Waals surface area contributed by atoms with E-state index in [0.717, 1.165) is 15.1 Å². The lowest BCUT2D eigenvalue weighted by Gasteiger charge is -2.06. The summed E-state index contributed by atoms with van der Waals surface area (Å²) in [6.45, 7) is 2.03. The Morgan fingerprint density at radius 3 is 3.00 bits per heavy atom. The molecule has 3 rings (SSSR count). The molecule has 0 atom stereocenters. The molecule has 8 heteroatoms. The molecule has 0 saturated carbocycles. The first kappa shape index (κ1) is 18.8. The number of hydrogen-bond donors (Lipinski definition) is 2. The monoisotopic (exact) mass is 400 g/mol. The molecule has 1 aromatic carbocycles. The molecule has 0 bridgehead atoms. The minimum absolute atomic E-state index is 0.0306. The van der Waals surface area contributed by atoms with E-state index in [1.54, 1.807) is 19.1 Å². The van der Waals surface area contributed by atoms with Gasteiger partial charge < -0.3 is 10.6 Å². The number of anilines is 2. The van der Waals surface area contributed by atoms with Gasteiger partial charge in [-0.15, -0.1) is 11.3 Å². The van der Waals surface area contributed by atoms with Gasteiger partial charge in [-0.25, -0.2) is 14.4 Å². The predicted molar refractivity (Wildman–Crippen MR) is 107 cm³/mol. The fourth-order valence-corrected chi connectivity index (χ4v) is 3.30. The first-order valence-electron chi connectivity index (χ1n) is 7.93. The molecule has 0 aliphatic carbocycles. The number of halogens is 2. The third-order valence-electron chi connectivity index (χ3n) is 3.37. The highest BCUT2D eigenvalue weighted by atomic mass is 35.5. The molecule has 0 fully saturated rings. The second-order valence-electron chi connectivity index (χ2n) is 5.32. The predicted octanol–water partition coefficient (Wildman–Crippen LogP) is 4.27. The summed E-state index contributed by atoms with van der Waals surface area (Å²) < 4.78 is 14.1. The zero-order chi connectivity index (χ0) is 19.2. The van der Waals surface area contributed by atoms with Gasteiger partial charge in [0, 0.05) is 5.69 Å². The molecule has 136 valence electrons. The SMILES string of the molecule is C/C=C/C(=O)NCC#Cc1cc2ncnc(Nc3ccc(F)c(Cl)c3)c2s1. The summed E-state index contributed by atoms with van der Waals surface area (Å²) in [5.74, 6) is 5.83. The summed E-state index contributed by atoms with van der Waals surface area (Å²) in [5, 5.41) is 5.81. The molecule has 0 unspecified atom stereocenters. The van der Waals surface area contributed by atoms with Gasteiger partial charge in [-0.1, -0.05) is 29.5 Å². The molecule has 0 spiro atoms. The van der Waals surface area contributed by atoms with Crippen LogP contribution < -0.4 is 10.6 Å². The molecule has 2 N–H and O–H groups in total. The normalized spacial score (nSPS) is 10.6. The fourth-order valence-electron chi connectivity index (χ4n) is 2.19. The summed E-state index contributed by atoms with van der Waals surface area (Å²) in [4.78, 5) is 20.6. The van der Waals surface area contributed by atoms with Crippen LogP contribution >= 0.6 is 22.9 Å². The molecule has 0 radical (unpaired) electrons. The van der Waals surface area contributed by atoms with Gasteiger partial charge in [-0.3, -0.25) is 4.79 Å². The Labute approximate surface area is 164 Å². The van der Waals surface area contributed by atoms with E-state index in [-0.39, 0.29) is 17.5 Å². The highest BCUT2D eigenvalue weighted by Gasteiger charge is 2.09. The second kappa shape index (κ2) is 8.62. The first-order chi connectivity index (χ1) is 13.1. The van der Waals surface area contributed by atoms with Crippen LogP contribution in [0.25, 0.3) is 10.2 Å². The summed E-state index contributed by atoms with van der Waals surface area (Å²) in [7, 11) is 0. The summed E-state index contributed by atoms with van der Waals surface area (Å²) in [5.41, 5.74) is 1.36. The van der Waals surface area contributed by atoms with Crippen molar-refractivity contribution in [3.8, 4) is 11.8 Å². The number of carbonyl (C=O) groups excluding carboxylic acids is 1. The lowest BCUT2D eigenvalue weighted by Crippen LogP contribution is -2.20. The number of nitrogens with zero attached hydrogens (tertiary/aromatic N) is 2. The minimum atomic E-state index is -0.481. The number of allylic oxidation sites excluding steroid dienone is 1. The lowest BCUT2D eigenvalue weighted by molar-refractivity contribution is -0.116. The maximum atomic E-state index is 13.3. The average molecular weight is 401 g/mol. The van der Waals surface area contributed by atoms with E-state index >= 15 is 0 Å². The zero-order valence-corrected chi connectivity index (χ0v) is 15.8. The standard InChI is InChI=1S/C19H14ClFN4OS/c1-2-4-17(26)22-8-3-5-13-10-16-18(27-13)19(24-11-23-16)25-12-6-7-15(21)14(20)9-12/h2,4,6-7,9-11H,8H2,1H3,(H,22,26)(H,23,24,25)/b4-2+.